The van der Waals surface area contributed by atoms with Gasteiger partial charge in [0.1, 0.15) is 10.3 Å². The van der Waals surface area contributed by atoms with Crippen LogP contribution in [0.5, 0.6) is 0 Å². The largest absolute Gasteiger partial charge is 0.444 e. The van der Waals surface area contributed by atoms with Crippen LogP contribution in [-0.4, -0.2) is 53.6 Å². The summed E-state index contributed by atoms with van der Waals surface area (Å²) < 4.78 is 34.0. The number of rotatable bonds is 3. The summed E-state index contributed by atoms with van der Waals surface area (Å²) in [7, 11) is -3.79. The number of para-hydroxylation sites is 1. The summed E-state index contributed by atoms with van der Waals surface area (Å²) in [6.07, 6.45) is 6.83. The molecule has 1 aliphatic heterocycles. The van der Waals surface area contributed by atoms with Crippen molar-refractivity contribution in [2.75, 3.05) is 24.9 Å². The number of amides is 1. The van der Waals surface area contributed by atoms with Crippen LogP contribution < -0.4 is 5.06 Å². The predicted octanol–water partition coefficient (Wildman–Crippen LogP) is 4.76. The molecule has 0 N–H and O–H groups in total. The molecular weight excluding hydrogens is 510 g/mol. The molecule has 33 heavy (non-hydrogen) atoms. The molecule has 2 aromatic rings. The number of hydrogen-bond acceptors (Lipinski definition) is 6. The van der Waals surface area contributed by atoms with Crippen LogP contribution in [-0.2, 0) is 19.6 Å². The average molecular weight is 538 g/mol. The van der Waals surface area contributed by atoms with Crippen LogP contribution in [0.1, 0.15) is 34.1 Å². The van der Waals surface area contributed by atoms with Crippen LogP contribution in [0.2, 0.25) is 0 Å². The summed E-state index contributed by atoms with van der Waals surface area (Å²) in [4.78, 5) is 19.7. The highest BCUT2D eigenvalue weighted by atomic mass is 79.9. The van der Waals surface area contributed by atoms with Gasteiger partial charge in [-0.3, -0.25) is 9.74 Å². The van der Waals surface area contributed by atoms with E-state index in [2.05, 4.69) is 15.9 Å². The van der Waals surface area contributed by atoms with Crippen molar-refractivity contribution in [1.29, 1.82) is 0 Å². The van der Waals surface area contributed by atoms with Gasteiger partial charge in [-0.2, -0.15) is 0 Å². The topological polar surface area (TPSA) is 81.1 Å². The number of anilines is 1. The van der Waals surface area contributed by atoms with Gasteiger partial charge in [-0.05, 0) is 44.3 Å². The Bertz CT molecular complexity index is 1240. The first-order valence-electron chi connectivity index (χ1n) is 10.7. The second-order valence-corrected chi connectivity index (χ2v) is 12.7. The highest BCUT2D eigenvalue weighted by molar-refractivity contribution is 9.11. The maximum Gasteiger partial charge on any atom is 0.412 e. The van der Waals surface area contributed by atoms with E-state index >= 15 is 0 Å². The number of hydroxylamine groups is 1. The molecule has 2 heterocycles. The number of allylic oxidation sites excluding steroid dienone is 3. The fourth-order valence-corrected chi connectivity index (χ4v) is 6.52. The van der Waals surface area contributed by atoms with Crippen LogP contribution in [0, 0.1) is 0 Å². The minimum Gasteiger partial charge on any atom is -0.444 e. The Hall–Kier alpha value is -2.30. The number of ether oxygens (including phenoxy) is 1. The summed E-state index contributed by atoms with van der Waals surface area (Å²) in [5, 5.41) is 2.43. The Balaban J connectivity index is 1.64. The number of carbonyl (C=O) groups is 1. The highest BCUT2D eigenvalue weighted by Gasteiger charge is 2.41. The molecule has 8 nitrogen and oxygen atoms in total. The van der Waals surface area contributed by atoms with E-state index in [1.165, 1.54) is 8.87 Å². The predicted molar refractivity (Wildman–Crippen MR) is 132 cm³/mol. The quantitative estimate of drug-likeness (QED) is 0.561. The summed E-state index contributed by atoms with van der Waals surface area (Å²) in [6, 6.07) is 7.34. The summed E-state index contributed by atoms with van der Waals surface area (Å²) in [5.41, 5.74) is 0.578. The Labute approximate surface area is 202 Å². The van der Waals surface area contributed by atoms with Crippen LogP contribution in [0.15, 0.2) is 53.2 Å². The third-order valence-corrected chi connectivity index (χ3v) is 8.44. The van der Waals surface area contributed by atoms with Gasteiger partial charge in [0.05, 0.1) is 17.7 Å². The van der Waals surface area contributed by atoms with Gasteiger partial charge in [-0.25, -0.2) is 22.2 Å². The van der Waals surface area contributed by atoms with E-state index in [-0.39, 0.29) is 6.73 Å². The normalized spacial score (nSPS) is 21.9. The molecule has 10 heteroatoms. The number of aromatic nitrogens is 1. The molecule has 0 spiro atoms. The second kappa shape index (κ2) is 8.48. The molecule has 1 unspecified atom stereocenters. The Kier molecular flexibility index (Phi) is 6.13. The van der Waals surface area contributed by atoms with Crippen LogP contribution >= 0.6 is 15.9 Å². The number of carbonyl (C=O) groups excluding carboxylic acids is 1. The fraction of sp³-hybridized carbons (Fsp3) is 0.435. The lowest BCUT2D eigenvalue weighted by atomic mass is 10.0. The fourth-order valence-electron chi connectivity index (χ4n) is 3.90. The number of benzene rings is 1. The summed E-state index contributed by atoms with van der Waals surface area (Å²) in [5.74, 6) is 0. The standard InChI is InChI=1S/C23H28BrN3O5S/c1-22(2,3)32-21(28)25-13-14-26(31-16-25)19-9-5-7-17-10-12-27(20(17)19)33(29,30)23(4)11-6-8-18(24)15-23/h5-12H,13-16H2,1-4H3. The molecular formula is C23H28BrN3O5S. The van der Waals surface area contributed by atoms with E-state index < -0.39 is 26.5 Å². The monoisotopic (exact) mass is 537 g/mol. The Morgan fingerprint density at radius 3 is 2.61 bits per heavy atom. The first-order valence-corrected chi connectivity index (χ1v) is 12.9. The molecule has 1 aliphatic carbocycles. The van der Waals surface area contributed by atoms with Crippen LogP contribution in [0.4, 0.5) is 10.5 Å². The molecule has 1 atom stereocenters. The SMILES string of the molecule is CC(C)(C)OC(=O)N1CCN(c2cccc3ccn(S(=O)(=O)C4(C)C=CC=C(Br)C4)c23)OC1. The first-order chi connectivity index (χ1) is 15.4. The van der Waals surface area contributed by atoms with Gasteiger partial charge in [0, 0.05) is 24.5 Å². The van der Waals surface area contributed by atoms with Crippen molar-refractivity contribution in [2.24, 2.45) is 0 Å². The molecule has 4 rings (SSSR count). The maximum atomic E-state index is 13.8. The van der Waals surface area contributed by atoms with Crippen molar-refractivity contribution in [3.05, 3.63) is 53.2 Å². The zero-order valence-corrected chi connectivity index (χ0v) is 21.5. The van der Waals surface area contributed by atoms with Gasteiger partial charge >= 0.3 is 6.09 Å². The molecule has 0 bridgehead atoms. The Morgan fingerprint density at radius 1 is 1.21 bits per heavy atom. The first kappa shape index (κ1) is 23.8. The van der Waals surface area contributed by atoms with Gasteiger partial charge in [-0.1, -0.05) is 46.3 Å². The molecule has 1 fully saturated rings. The van der Waals surface area contributed by atoms with E-state index in [1.54, 1.807) is 36.4 Å². The summed E-state index contributed by atoms with van der Waals surface area (Å²) >= 11 is 3.45. The molecule has 0 radical (unpaired) electrons. The van der Waals surface area contributed by atoms with Gasteiger partial charge in [0.15, 0.2) is 6.73 Å². The van der Waals surface area contributed by atoms with Gasteiger partial charge in [0.25, 0.3) is 0 Å². The van der Waals surface area contributed by atoms with Gasteiger partial charge in [0.2, 0.25) is 10.0 Å². The molecule has 178 valence electrons. The Morgan fingerprint density at radius 2 is 1.97 bits per heavy atom. The minimum atomic E-state index is -3.79. The van der Waals surface area contributed by atoms with E-state index in [4.69, 9.17) is 9.57 Å². The minimum absolute atomic E-state index is 0.0109. The number of nitrogens with zero attached hydrogens (tertiary/aromatic N) is 3. The maximum absolute atomic E-state index is 13.8. The van der Waals surface area contributed by atoms with Crippen molar-refractivity contribution in [1.82, 2.24) is 8.87 Å². The lowest BCUT2D eigenvalue weighted by Crippen LogP contribution is -2.49. The van der Waals surface area contributed by atoms with Gasteiger partial charge < -0.3 is 4.74 Å². The molecule has 1 amide bonds. The smallest absolute Gasteiger partial charge is 0.412 e. The van der Waals surface area contributed by atoms with Crippen molar-refractivity contribution >= 4 is 48.6 Å². The third kappa shape index (κ3) is 4.56. The van der Waals surface area contributed by atoms with Crippen molar-refractivity contribution < 1.29 is 22.8 Å². The third-order valence-electron chi connectivity index (χ3n) is 5.61. The molecule has 1 saturated heterocycles. The molecule has 0 saturated carbocycles. The second-order valence-electron chi connectivity index (χ2n) is 9.40. The van der Waals surface area contributed by atoms with Crippen LogP contribution in [0.3, 0.4) is 0 Å². The number of fused-ring (bicyclic) bond motifs is 1. The molecule has 1 aromatic heterocycles. The number of halogens is 1. The zero-order chi connectivity index (χ0) is 24.0. The highest BCUT2D eigenvalue weighted by Crippen LogP contribution is 2.38. The lowest BCUT2D eigenvalue weighted by molar-refractivity contribution is -0.0414. The van der Waals surface area contributed by atoms with E-state index in [9.17, 15) is 13.2 Å². The lowest BCUT2D eigenvalue weighted by Gasteiger charge is -2.36. The van der Waals surface area contributed by atoms with E-state index in [0.29, 0.717) is 30.7 Å². The van der Waals surface area contributed by atoms with E-state index in [1.807, 2.05) is 45.0 Å². The van der Waals surface area contributed by atoms with Crippen molar-refractivity contribution in [3.63, 3.8) is 0 Å². The number of hydrogen-bond donors (Lipinski definition) is 0. The molecule has 1 aromatic carbocycles. The molecule has 2 aliphatic rings. The average Bonchev–Trinajstić information content (AvgIpc) is 3.17. The van der Waals surface area contributed by atoms with Crippen molar-refractivity contribution in [2.45, 2.75) is 44.5 Å². The van der Waals surface area contributed by atoms with E-state index in [0.717, 1.165) is 9.87 Å². The van der Waals surface area contributed by atoms with Gasteiger partial charge in [-0.15, -0.1) is 0 Å². The van der Waals surface area contributed by atoms with Crippen molar-refractivity contribution in [3.8, 4) is 0 Å². The summed E-state index contributed by atoms with van der Waals surface area (Å²) in [6.45, 7) is 7.93. The van der Waals surface area contributed by atoms with Crippen LogP contribution in [0.25, 0.3) is 10.9 Å². The zero-order valence-electron chi connectivity index (χ0n) is 19.1.